The van der Waals surface area contributed by atoms with Crippen LogP contribution in [-0.4, -0.2) is 24.0 Å². The fourth-order valence-corrected chi connectivity index (χ4v) is 3.29. The van der Waals surface area contributed by atoms with Crippen LogP contribution in [0.5, 0.6) is 0 Å². The molecular weight excluding hydrogens is 372 g/mol. The molecule has 0 spiro atoms. The van der Waals surface area contributed by atoms with Crippen LogP contribution < -0.4 is 0 Å². The van der Waals surface area contributed by atoms with E-state index in [9.17, 15) is 9.59 Å². The lowest BCUT2D eigenvalue weighted by molar-refractivity contribution is -0.147. The molecule has 0 aromatic rings. The molecule has 0 aliphatic heterocycles. The second-order valence-electron chi connectivity index (χ2n) is 7.70. The molecule has 0 saturated heterocycles. The van der Waals surface area contributed by atoms with Crippen molar-refractivity contribution >= 4 is 24.6 Å². The zero-order valence-corrected chi connectivity index (χ0v) is 19.3. The molecule has 0 aliphatic rings. The smallest absolute Gasteiger partial charge is 0.306 e. The van der Waals surface area contributed by atoms with Gasteiger partial charge < -0.3 is 9.47 Å². The summed E-state index contributed by atoms with van der Waals surface area (Å²) in [4.78, 5) is 23.5. The first-order valence-corrected chi connectivity index (χ1v) is 12.1. The second kappa shape index (κ2) is 21.0. The van der Waals surface area contributed by atoms with Crippen LogP contribution in [-0.2, 0) is 19.1 Å². The maximum absolute atomic E-state index is 11.8. The zero-order valence-electron chi connectivity index (χ0n) is 18.4. The van der Waals surface area contributed by atoms with E-state index in [1.807, 2.05) is 0 Å². The number of carbonyl (C=O) groups is 2. The van der Waals surface area contributed by atoms with Crippen molar-refractivity contribution in [3.63, 3.8) is 0 Å². The molecule has 0 radical (unpaired) electrons. The number of unbranched alkanes of at least 4 members (excludes halogenated alkanes) is 12. The average Bonchev–Trinajstić information content (AvgIpc) is 2.66. The summed E-state index contributed by atoms with van der Waals surface area (Å²) < 4.78 is 10.5. The Labute approximate surface area is 178 Å². The summed E-state index contributed by atoms with van der Waals surface area (Å²) in [7, 11) is 0. The molecular formula is C23H44O4S. The van der Waals surface area contributed by atoms with Crippen molar-refractivity contribution in [2.75, 3.05) is 6.61 Å². The maximum Gasteiger partial charge on any atom is 0.306 e. The van der Waals surface area contributed by atoms with Gasteiger partial charge in [-0.15, -0.1) is 12.6 Å². The Morgan fingerprint density at radius 3 is 1.61 bits per heavy atom. The van der Waals surface area contributed by atoms with E-state index in [0.717, 1.165) is 25.7 Å². The van der Waals surface area contributed by atoms with E-state index in [1.165, 1.54) is 64.2 Å². The Hall–Kier alpha value is -0.710. The summed E-state index contributed by atoms with van der Waals surface area (Å²) >= 11 is 4.27. The van der Waals surface area contributed by atoms with Crippen LogP contribution in [0, 0.1) is 0 Å². The molecule has 0 unspecified atom stereocenters. The minimum atomic E-state index is -0.497. The van der Waals surface area contributed by atoms with Crippen LogP contribution >= 0.6 is 12.6 Å². The second-order valence-corrected chi connectivity index (χ2v) is 8.27. The molecule has 0 aromatic carbocycles. The van der Waals surface area contributed by atoms with E-state index >= 15 is 0 Å². The third-order valence-electron chi connectivity index (χ3n) is 4.86. The number of ether oxygens (including phenoxy) is 2. The van der Waals surface area contributed by atoms with Gasteiger partial charge in [0.2, 0.25) is 0 Å². The van der Waals surface area contributed by atoms with E-state index in [0.29, 0.717) is 19.3 Å². The van der Waals surface area contributed by atoms with Crippen molar-refractivity contribution < 1.29 is 19.1 Å². The van der Waals surface area contributed by atoms with E-state index in [1.54, 1.807) is 0 Å². The fourth-order valence-electron chi connectivity index (χ4n) is 3.07. The number of hydrogen-bond acceptors (Lipinski definition) is 5. The van der Waals surface area contributed by atoms with Crippen LogP contribution in [0.25, 0.3) is 0 Å². The summed E-state index contributed by atoms with van der Waals surface area (Å²) in [6.45, 7) is 4.68. The summed E-state index contributed by atoms with van der Waals surface area (Å²) in [6.07, 6.45) is 17.9. The molecule has 0 saturated carbocycles. The van der Waals surface area contributed by atoms with E-state index in [4.69, 9.17) is 9.47 Å². The van der Waals surface area contributed by atoms with Gasteiger partial charge >= 0.3 is 11.9 Å². The van der Waals surface area contributed by atoms with Crippen LogP contribution in [0.15, 0.2) is 0 Å². The molecule has 0 amide bonds. The Kier molecular flexibility index (Phi) is 20.5. The van der Waals surface area contributed by atoms with Gasteiger partial charge in [0.15, 0.2) is 0 Å². The monoisotopic (exact) mass is 416 g/mol. The first-order chi connectivity index (χ1) is 13.6. The Morgan fingerprint density at radius 2 is 1.11 bits per heavy atom. The molecule has 0 bridgehead atoms. The van der Waals surface area contributed by atoms with Gasteiger partial charge in [-0.05, 0) is 12.8 Å². The maximum atomic E-state index is 11.8. The first kappa shape index (κ1) is 27.3. The minimum absolute atomic E-state index is 0.163. The number of esters is 2. The van der Waals surface area contributed by atoms with Crippen LogP contribution in [0.3, 0.4) is 0 Å². The normalized spacial score (nSPS) is 12.0. The summed E-state index contributed by atoms with van der Waals surface area (Å²) in [5.41, 5.74) is -0.497. The van der Waals surface area contributed by atoms with Crippen LogP contribution in [0.2, 0.25) is 0 Å². The molecule has 0 aliphatic carbocycles. The predicted molar refractivity (Wildman–Crippen MR) is 120 cm³/mol. The van der Waals surface area contributed by atoms with Gasteiger partial charge in [0.1, 0.15) is 5.44 Å². The summed E-state index contributed by atoms with van der Waals surface area (Å²) in [5, 5.41) is 0. The summed E-state index contributed by atoms with van der Waals surface area (Å²) in [6, 6.07) is 0. The first-order valence-electron chi connectivity index (χ1n) is 11.6. The van der Waals surface area contributed by atoms with Crippen LogP contribution in [0.4, 0.5) is 0 Å². The van der Waals surface area contributed by atoms with Crippen molar-refractivity contribution in [3.05, 3.63) is 0 Å². The average molecular weight is 417 g/mol. The number of carbonyl (C=O) groups excluding carboxylic acids is 2. The zero-order chi connectivity index (χ0) is 20.9. The van der Waals surface area contributed by atoms with Crippen molar-refractivity contribution in [2.45, 2.75) is 128 Å². The molecule has 0 N–H and O–H groups in total. The molecule has 5 heteroatoms. The number of thiol groups is 1. The molecule has 166 valence electrons. The molecule has 1 atom stereocenters. The standard InChI is InChI=1S/C23H44O4S/c1-3-5-7-9-11-13-15-17-21(24)26-20-19-23(28)27-22(25)18-16-14-12-10-8-6-4-2/h23,28H,3-20H2,1-2H3/t23-/m1/s1. The highest BCUT2D eigenvalue weighted by atomic mass is 32.1. The van der Waals surface area contributed by atoms with Gasteiger partial charge in [0.25, 0.3) is 0 Å². The SMILES string of the molecule is CCCCCCCCCC(=O)OCC[C@@H](S)OC(=O)CCCCCCCCC. The predicted octanol–water partition coefficient (Wildman–Crippen LogP) is 7.00. The topological polar surface area (TPSA) is 52.6 Å². The minimum Gasteiger partial charge on any atom is -0.465 e. The third kappa shape index (κ3) is 20.0. The Balaban J connectivity index is 3.48. The molecule has 4 nitrogen and oxygen atoms in total. The fraction of sp³-hybridized carbons (Fsp3) is 0.913. The van der Waals surface area contributed by atoms with Gasteiger partial charge in [-0.25, -0.2) is 0 Å². The van der Waals surface area contributed by atoms with Gasteiger partial charge in [-0.3, -0.25) is 9.59 Å². The van der Waals surface area contributed by atoms with Gasteiger partial charge in [0, 0.05) is 19.3 Å². The van der Waals surface area contributed by atoms with E-state index in [2.05, 4.69) is 26.5 Å². The summed E-state index contributed by atoms with van der Waals surface area (Å²) in [5.74, 6) is -0.369. The lowest BCUT2D eigenvalue weighted by Crippen LogP contribution is -2.16. The largest absolute Gasteiger partial charge is 0.465 e. The van der Waals surface area contributed by atoms with Crippen molar-refractivity contribution in [3.8, 4) is 0 Å². The highest BCUT2D eigenvalue weighted by Crippen LogP contribution is 2.12. The molecule has 0 fully saturated rings. The Morgan fingerprint density at radius 1 is 0.679 bits per heavy atom. The lowest BCUT2D eigenvalue weighted by atomic mass is 10.1. The van der Waals surface area contributed by atoms with Gasteiger partial charge in [-0.2, -0.15) is 0 Å². The highest BCUT2D eigenvalue weighted by molar-refractivity contribution is 7.80. The van der Waals surface area contributed by atoms with Crippen molar-refractivity contribution in [2.24, 2.45) is 0 Å². The lowest BCUT2D eigenvalue weighted by Gasteiger charge is -2.12. The van der Waals surface area contributed by atoms with E-state index in [-0.39, 0.29) is 18.5 Å². The van der Waals surface area contributed by atoms with Crippen LogP contribution in [0.1, 0.15) is 123 Å². The van der Waals surface area contributed by atoms with Crippen molar-refractivity contribution in [1.29, 1.82) is 0 Å². The highest BCUT2D eigenvalue weighted by Gasteiger charge is 2.11. The van der Waals surface area contributed by atoms with Gasteiger partial charge in [0.05, 0.1) is 6.61 Å². The molecule has 28 heavy (non-hydrogen) atoms. The quantitative estimate of drug-likeness (QED) is 0.100. The number of rotatable bonds is 20. The van der Waals surface area contributed by atoms with Crippen molar-refractivity contribution in [1.82, 2.24) is 0 Å². The number of hydrogen-bond donors (Lipinski definition) is 1. The Bertz CT molecular complexity index is 374. The molecule has 0 aromatic heterocycles. The molecule has 0 rings (SSSR count). The third-order valence-corrected chi connectivity index (χ3v) is 5.23. The molecule has 0 heterocycles. The van der Waals surface area contributed by atoms with E-state index < -0.39 is 5.44 Å². The van der Waals surface area contributed by atoms with Gasteiger partial charge in [-0.1, -0.05) is 90.9 Å².